The van der Waals surface area contributed by atoms with Crippen molar-refractivity contribution in [1.29, 1.82) is 0 Å². The first kappa shape index (κ1) is 19.4. The molecule has 1 heterocycles. The fraction of sp³-hybridized carbons (Fsp3) is 0.0526. The Morgan fingerprint density at radius 2 is 1.96 bits per heavy atom. The van der Waals surface area contributed by atoms with Gasteiger partial charge in [-0.15, -0.1) is 0 Å². The van der Waals surface area contributed by atoms with Crippen LogP contribution in [0.25, 0.3) is 6.08 Å². The first-order valence-electron chi connectivity index (χ1n) is 8.12. The number of carbonyl (C=O) groups is 1. The number of halogens is 2. The van der Waals surface area contributed by atoms with Crippen LogP contribution in [0, 0.1) is 5.82 Å². The van der Waals surface area contributed by atoms with Gasteiger partial charge in [-0.2, -0.15) is 15.0 Å². The summed E-state index contributed by atoms with van der Waals surface area (Å²) in [5.41, 5.74) is 6.71. The van der Waals surface area contributed by atoms with E-state index >= 15 is 0 Å². The highest BCUT2D eigenvalue weighted by atomic mass is 79.9. The van der Waals surface area contributed by atoms with E-state index in [0.29, 0.717) is 4.47 Å². The quantitative estimate of drug-likeness (QED) is 0.440. The number of esters is 1. The van der Waals surface area contributed by atoms with E-state index in [4.69, 9.17) is 10.5 Å². The fourth-order valence-electron chi connectivity index (χ4n) is 2.19. The molecule has 0 aliphatic heterocycles. The summed E-state index contributed by atoms with van der Waals surface area (Å²) in [6.45, 7) is -0.208. The Morgan fingerprint density at radius 3 is 2.75 bits per heavy atom. The van der Waals surface area contributed by atoms with E-state index in [9.17, 15) is 9.18 Å². The molecule has 7 nitrogen and oxygen atoms in total. The lowest BCUT2D eigenvalue weighted by Crippen LogP contribution is -2.10. The standard InChI is InChI=1S/C19H15BrFN5O2/c20-13-7-8-15(21)12(10-13)6-9-17(27)28-11-16-24-18(22)26-19(25-16)23-14-4-2-1-3-5-14/h1-10H,11H2,(H3,22,23,24,25,26). The van der Waals surface area contributed by atoms with Crippen LogP contribution in [0.5, 0.6) is 0 Å². The lowest BCUT2D eigenvalue weighted by Gasteiger charge is -2.07. The highest BCUT2D eigenvalue weighted by molar-refractivity contribution is 9.10. The molecule has 3 aromatic rings. The molecule has 0 amide bonds. The molecule has 0 radical (unpaired) electrons. The number of rotatable bonds is 6. The van der Waals surface area contributed by atoms with Crippen LogP contribution in [0.15, 0.2) is 59.1 Å². The lowest BCUT2D eigenvalue weighted by atomic mass is 10.2. The summed E-state index contributed by atoms with van der Waals surface area (Å²) >= 11 is 3.24. The maximum Gasteiger partial charge on any atom is 0.331 e. The Morgan fingerprint density at radius 1 is 1.18 bits per heavy atom. The lowest BCUT2D eigenvalue weighted by molar-refractivity contribution is -0.139. The molecule has 0 spiro atoms. The van der Waals surface area contributed by atoms with Gasteiger partial charge in [0.05, 0.1) is 0 Å². The second kappa shape index (κ2) is 9.05. The van der Waals surface area contributed by atoms with Gasteiger partial charge in [0.1, 0.15) is 5.82 Å². The van der Waals surface area contributed by atoms with Crippen LogP contribution in [0.1, 0.15) is 11.4 Å². The molecule has 0 atom stereocenters. The first-order valence-corrected chi connectivity index (χ1v) is 8.91. The van der Waals surface area contributed by atoms with E-state index in [2.05, 4.69) is 36.2 Å². The Labute approximate surface area is 168 Å². The van der Waals surface area contributed by atoms with Gasteiger partial charge in [-0.1, -0.05) is 34.1 Å². The van der Waals surface area contributed by atoms with Crippen LogP contribution in [-0.2, 0) is 16.1 Å². The molecule has 28 heavy (non-hydrogen) atoms. The number of carbonyl (C=O) groups excluding carboxylic acids is 1. The SMILES string of the molecule is Nc1nc(COC(=O)C=Cc2cc(Br)ccc2F)nc(Nc2ccccc2)n1. The van der Waals surface area contributed by atoms with Gasteiger partial charge in [0, 0.05) is 21.8 Å². The molecule has 9 heteroatoms. The van der Waals surface area contributed by atoms with Crippen LogP contribution in [-0.4, -0.2) is 20.9 Å². The number of aromatic nitrogens is 3. The minimum Gasteiger partial charge on any atom is -0.454 e. The van der Waals surface area contributed by atoms with Crippen molar-refractivity contribution >= 4 is 45.6 Å². The molecule has 0 fully saturated rings. The van der Waals surface area contributed by atoms with E-state index in [0.717, 1.165) is 11.8 Å². The smallest absolute Gasteiger partial charge is 0.331 e. The zero-order valence-corrected chi connectivity index (χ0v) is 16.1. The zero-order chi connectivity index (χ0) is 19.9. The van der Waals surface area contributed by atoms with Crippen molar-refractivity contribution in [2.75, 3.05) is 11.1 Å². The number of nitrogens with one attached hydrogen (secondary N) is 1. The normalized spacial score (nSPS) is 10.8. The average molecular weight is 444 g/mol. The number of nitrogens with two attached hydrogens (primary N) is 1. The summed E-state index contributed by atoms with van der Waals surface area (Å²) in [4.78, 5) is 24.0. The van der Waals surface area contributed by atoms with Crippen LogP contribution >= 0.6 is 15.9 Å². The number of para-hydroxylation sites is 1. The maximum atomic E-state index is 13.7. The average Bonchev–Trinajstić information content (AvgIpc) is 2.67. The third-order valence-electron chi connectivity index (χ3n) is 3.43. The largest absolute Gasteiger partial charge is 0.454 e. The highest BCUT2D eigenvalue weighted by Gasteiger charge is 2.08. The Bertz CT molecular complexity index is 1010. The number of anilines is 3. The zero-order valence-electron chi connectivity index (χ0n) is 14.5. The summed E-state index contributed by atoms with van der Waals surface area (Å²) in [6, 6.07) is 13.7. The molecule has 3 N–H and O–H groups in total. The van der Waals surface area contributed by atoms with Gasteiger partial charge in [0.25, 0.3) is 0 Å². The number of hydrogen-bond acceptors (Lipinski definition) is 7. The van der Waals surface area contributed by atoms with Crippen molar-refractivity contribution in [2.24, 2.45) is 0 Å². The van der Waals surface area contributed by atoms with Gasteiger partial charge >= 0.3 is 5.97 Å². The first-order chi connectivity index (χ1) is 13.5. The van der Waals surface area contributed by atoms with E-state index < -0.39 is 11.8 Å². The summed E-state index contributed by atoms with van der Waals surface area (Å²) < 4.78 is 19.4. The molecule has 0 aliphatic rings. The molecular weight excluding hydrogens is 429 g/mol. The van der Waals surface area contributed by atoms with Gasteiger partial charge in [0.15, 0.2) is 12.4 Å². The van der Waals surface area contributed by atoms with Crippen LogP contribution in [0.4, 0.5) is 22.0 Å². The molecule has 0 unspecified atom stereocenters. The number of nitrogens with zero attached hydrogens (tertiary/aromatic N) is 3. The molecule has 0 bridgehead atoms. The summed E-state index contributed by atoms with van der Waals surface area (Å²) in [5.74, 6) is -0.714. The van der Waals surface area contributed by atoms with Crippen LogP contribution in [0.3, 0.4) is 0 Å². The van der Waals surface area contributed by atoms with Crippen molar-refractivity contribution in [1.82, 2.24) is 15.0 Å². The molecule has 1 aromatic heterocycles. The van der Waals surface area contributed by atoms with Gasteiger partial charge in [-0.05, 0) is 36.4 Å². The number of benzene rings is 2. The van der Waals surface area contributed by atoms with Gasteiger partial charge in [0.2, 0.25) is 11.9 Å². The van der Waals surface area contributed by atoms with Gasteiger partial charge in [-0.25, -0.2) is 9.18 Å². The Kier molecular flexibility index (Phi) is 6.28. The second-order valence-electron chi connectivity index (χ2n) is 5.53. The van der Waals surface area contributed by atoms with E-state index in [-0.39, 0.29) is 29.9 Å². The fourth-order valence-corrected chi connectivity index (χ4v) is 2.57. The maximum absolute atomic E-state index is 13.7. The van der Waals surface area contributed by atoms with Crippen molar-refractivity contribution in [3.63, 3.8) is 0 Å². The van der Waals surface area contributed by atoms with Crippen LogP contribution in [0.2, 0.25) is 0 Å². The van der Waals surface area contributed by atoms with Crippen LogP contribution < -0.4 is 11.1 Å². The third-order valence-corrected chi connectivity index (χ3v) is 3.92. The molecule has 142 valence electrons. The minimum atomic E-state index is -0.670. The monoisotopic (exact) mass is 443 g/mol. The van der Waals surface area contributed by atoms with E-state index in [1.54, 1.807) is 12.1 Å². The third kappa shape index (κ3) is 5.58. The Balaban J connectivity index is 1.63. The number of ether oxygens (including phenoxy) is 1. The Hall–Kier alpha value is -3.33. The predicted octanol–water partition coefficient (Wildman–Crippen LogP) is 3.86. The number of nitrogen functional groups attached to an aromatic ring is 1. The van der Waals surface area contributed by atoms with E-state index in [1.165, 1.54) is 12.1 Å². The van der Waals surface area contributed by atoms with Gasteiger partial charge in [-0.3, -0.25) is 0 Å². The van der Waals surface area contributed by atoms with Crippen molar-refractivity contribution < 1.29 is 13.9 Å². The molecule has 2 aromatic carbocycles. The molecule has 0 aliphatic carbocycles. The molecule has 0 saturated heterocycles. The van der Waals surface area contributed by atoms with Crippen molar-refractivity contribution in [3.05, 3.63) is 76.3 Å². The highest BCUT2D eigenvalue weighted by Crippen LogP contribution is 2.17. The molecular formula is C19H15BrFN5O2. The summed E-state index contributed by atoms with van der Waals surface area (Å²) in [6.07, 6.45) is 2.45. The summed E-state index contributed by atoms with van der Waals surface area (Å²) in [7, 11) is 0. The van der Waals surface area contributed by atoms with Crippen molar-refractivity contribution in [2.45, 2.75) is 6.61 Å². The van der Waals surface area contributed by atoms with Gasteiger partial charge < -0.3 is 15.8 Å². The minimum absolute atomic E-state index is 0.00812. The van der Waals surface area contributed by atoms with Crippen molar-refractivity contribution in [3.8, 4) is 0 Å². The molecule has 3 rings (SSSR count). The number of hydrogen-bond donors (Lipinski definition) is 2. The topological polar surface area (TPSA) is 103 Å². The van der Waals surface area contributed by atoms with E-state index in [1.807, 2.05) is 30.3 Å². The molecule has 0 saturated carbocycles. The summed E-state index contributed by atoms with van der Waals surface area (Å²) in [5, 5.41) is 2.99. The predicted molar refractivity (Wildman–Crippen MR) is 107 cm³/mol. The second-order valence-corrected chi connectivity index (χ2v) is 6.45.